The number of carbonyl (C=O) groups is 1. The molecule has 0 radical (unpaired) electrons. The number of rotatable bonds is 9. The lowest BCUT2D eigenvalue weighted by molar-refractivity contribution is 0.0897. The third-order valence-electron chi connectivity index (χ3n) is 5.78. The highest BCUT2D eigenvalue weighted by Crippen LogP contribution is 2.26. The average molecular weight is 447 g/mol. The number of benzene rings is 3. The highest BCUT2D eigenvalue weighted by molar-refractivity contribution is 5.95. The average Bonchev–Trinajstić information content (AvgIpc) is 2.79. The Morgan fingerprint density at radius 1 is 0.970 bits per heavy atom. The maximum atomic E-state index is 13.1. The minimum Gasteiger partial charge on any atom is -0.508 e. The summed E-state index contributed by atoms with van der Waals surface area (Å²) in [6.45, 7) is 6.85. The third kappa shape index (κ3) is 7.28. The summed E-state index contributed by atoms with van der Waals surface area (Å²) in [4.78, 5) is 13.1. The highest BCUT2D eigenvalue weighted by Gasteiger charge is 2.26. The van der Waals surface area contributed by atoms with Gasteiger partial charge in [-0.1, -0.05) is 63.2 Å². The van der Waals surface area contributed by atoms with E-state index in [0.29, 0.717) is 30.0 Å². The molecule has 3 rings (SSSR count). The fraction of sp³-hybridized carbons (Fsp3) is 0.321. The second-order valence-electron chi connectivity index (χ2n) is 9.43. The second kappa shape index (κ2) is 10.9. The van der Waals surface area contributed by atoms with Crippen LogP contribution in [-0.4, -0.2) is 23.7 Å². The van der Waals surface area contributed by atoms with E-state index in [9.17, 15) is 9.90 Å². The van der Waals surface area contributed by atoms with Gasteiger partial charge in [-0.15, -0.1) is 0 Å². The first kappa shape index (κ1) is 24.2. The van der Waals surface area contributed by atoms with Crippen LogP contribution in [0.25, 0.3) is 0 Å². The Bertz CT molecular complexity index is 1040. The van der Waals surface area contributed by atoms with E-state index < -0.39 is 0 Å². The van der Waals surface area contributed by atoms with E-state index >= 15 is 0 Å². The van der Waals surface area contributed by atoms with Crippen molar-refractivity contribution in [3.8, 4) is 11.5 Å². The molecule has 1 amide bonds. The van der Waals surface area contributed by atoms with Crippen LogP contribution in [0.5, 0.6) is 11.5 Å². The van der Waals surface area contributed by atoms with Gasteiger partial charge in [0.1, 0.15) is 11.5 Å². The van der Waals surface area contributed by atoms with Gasteiger partial charge in [-0.05, 0) is 59.7 Å². The smallest absolute Gasteiger partial charge is 0.251 e. The number of anilines is 1. The normalized spacial score (nSPS) is 12.2. The maximum absolute atomic E-state index is 13.1. The summed E-state index contributed by atoms with van der Waals surface area (Å²) in [5, 5.41) is 12.6. The predicted octanol–water partition coefficient (Wildman–Crippen LogP) is 5.37. The first-order valence-electron chi connectivity index (χ1n) is 11.4. The molecule has 0 bridgehead atoms. The molecule has 0 fully saturated rings. The zero-order valence-corrected chi connectivity index (χ0v) is 19.7. The van der Waals surface area contributed by atoms with Gasteiger partial charge in [-0.2, -0.15) is 0 Å². The molecule has 174 valence electrons. The monoisotopic (exact) mass is 446 g/mol. The number of hydrogen-bond donors (Lipinski definition) is 3. The number of carbonyl (C=O) groups excluding carboxylic acids is 1. The van der Waals surface area contributed by atoms with Crippen LogP contribution in [0.3, 0.4) is 0 Å². The molecule has 0 spiro atoms. The summed E-state index contributed by atoms with van der Waals surface area (Å²) in [6, 6.07) is 22.5. The number of amides is 1. The molecule has 0 aliphatic heterocycles. The Labute approximate surface area is 196 Å². The lowest BCUT2D eigenvalue weighted by atomic mass is 9.83. The lowest BCUT2D eigenvalue weighted by Gasteiger charge is -2.32. The van der Waals surface area contributed by atoms with Gasteiger partial charge in [0.25, 0.3) is 5.91 Å². The molecular weight excluding hydrogens is 412 g/mol. The molecule has 0 aliphatic rings. The van der Waals surface area contributed by atoms with E-state index in [1.165, 1.54) is 5.56 Å². The number of phenolic OH excluding ortho intramolecular Hbond substituents is 1. The molecular formula is C28H34N2O3. The molecule has 0 saturated heterocycles. The molecule has 5 heteroatoms. The van der Waals surface area contributed by atoms with Crippen molar-refractivity contribution in [1.82, 2.24) is 5.32 Å². The minimum absolute atomic E-state index is 0.0154. The summed E-state index contributed by atoms with van der Waals surface area (Å²) in [5.74, 6) is 0.601. The standard InChI is InChI=1S/C28H34N2O3/c1-28(2,3)26(16-11-20-7-5-4-6-8-20)30-27(32)22-12-15-24(29)25(19-22)33-18-17-21-9-13-23(31)14-10-21/h4-10,12-15,19,26,31H,11,16-18,29H2,1-3H3,(H,30,32)/t26-/m0/s1. The van der Waals surface area contributed by atoms with Gasteiger partial charge < -0.3 is 20.9 Å². The van der Waals surface area contributed by atoms with Gasteiger partial charge in [0.2, 0.25) is 0 Å². The largest absolute Gasteiger partial charge is 0.508 e. The van der Waals surface area contributed by atoms with Gasteiger partial charge >= 0.3 is 0 Å². The van der Waals surface area contributed by atoms with E-state index in [0.717, 1.165) is 18.4 Å². The van der Waals surface area contributed by atoms with Crippen LogP contribution in [0.15, 0.2) is 72.8 Å². The first-order valence-corrected chi connectivity index (χ1v) is 11.4. The summed E-state index contributed by atoms with van der Waals surface area (Å²) >= 11 is 0. The molecule has 0 saturated carbocycles. The Morgan fingerprint density at radius 2 is 1.64 bits per heavy atom. The van der Waals surface area contributed by atoms with Crippen LogP contribution in [-0.2, 0) is 12.8 Å². The molecule has 3 aromatic carbocycles. The number of ether oxygens (including phenoxy) is 1. The molecule has 0 aromatic heterocycles. The van der Waals surface area contributed by atoms with E-state index in [2.05, 4.69) is 38.2 Å². The van der Waals surface area contributed by atoms with E-state index in [-0.39, 0.29) is 23.1 Å². The lowest BCUT2D eigenvalue weighted by Crippen LogP contribution is -2.44. The number of nitrogens with one attached hydrogen (secondary N) is 1. The van der Waals surface area contributed by atoms with Gasteiger partial charge in [0.15, 0.2) is 0 Å². The van der Waals surface area contributed by atoms with Crippen LogP contribution in [0.1, 0.15) is 48.7 Å². The summed E-state index contributed by atoms with van der Waals surface area (Å²) in [6.07, 6.45) is 2.42. The van der Waals surface area contributed by atoms with E-state index in [1.54, 1.807) is 30.3 Å². The Hall–Kier alpha value is -3.47. The summed E-state index contributed by atoms with van der Waals surface area (Å²) < 4.78 is 5.87. The Kier molecular flexibility index (Phi) is 7.99. The number of aryl methyl sites for hydroxylation is 1. The number of hydrogen-bond acceptors (Lipinski definition) is 4. The second-order valence-corrected chi connectivity index (χ2v) is 9.43. The molecule has 0 heterocycles. The quantitative estimate of drug-likeness (QED) is 0.386. The predicted molar refractivity (Wildman–Crippen MR) is 134 cm³/mol. The minimum atomic E-state index is -0.133. The van der Waals surface area contributed by atoms with Crippen LogP contribution < -0.4 is 15.8 Å². The zero-order valence-electron chi connectivity index (χ0n) is 19.7. The van der Waals surface area contributed by atoms with Crippen molar-refractivity contribution < 1.29 is 14.6 Å². The fourth-order valence-corrected chi connectivity index (χ4v) is 3.66. The van der Waals surface area contributed by atoms with Crippen LogP contribution in [0.4, 0.5) is 5.69 Å². The highest BCUT2D eigenvalue weighted by atomic mass is 16.5. The number of nitrogen functional groups attached to an aromatic ring is 1. The van der Waals surface area contributed by atoms with Crippen molar-refractivity contribution in [3.63, 3.8) is 0 Å². The van der Waals surface area contributed by atoms with Crippen molar-refractivity contribution in [2.75, 3.05) is 12.3 Å². The molecule has 0 aliphatic carbocycles. The summed E-state index contributed by atoms with van der Waals surface area (Å²) in [7, 11) is 0. The topological polar surface area (TPSA) is 84.6 Å². The number of aromatic hydroxyl groups is 1. The van der Waals surface area contributed by atoms with Crippen molar-refractivity contribution in [1.29, 1.82) is 0 Å². The van der Waals surface area contributed by atoms with Crippen LogP contribution in [0, 0.1) is 5.41 Å². The van der Waals surface area contributed by atoms with Crippen LogP contribution >= 0.6 is 0 Å². The molecule has 5 nitrogen and oxygen atoms in total. The van der Waals surface area contributed by atoms with Crippen molar-refractivity contribution in [2.24, 2.45) is 5.41 Å². The first-order chi connectivity index (χ1) is 15.7. The molecule has 0 unspecified atom stereocenters. The molecule has 3 aromatic rings. The van der Waals surface area contributed by atoms with Gasteiger partial charge in [-0.3, -0.25) is 4.79 Å². The van der Waals surface area contributed by atoms with Crippen molar-refractivity contribution in [3.05, 3.63) is 89.5 Å². The SMILES string of the molecule is CC(C)(C)[C@H](CCc1ccccc1)NC(=O)c1ccc(N)c(OCCc2ccc(O)cc2)c1. The zero-order chi connectivity index (χ0) is 23.8. The van der Waals surface area contributed by atoms with Crippen molar-refractivity contribution in [2.45, 2.75) is 46.1 Å². The fourth-order valence-electron chi connectivity index (χ4n) is 3.66. The molecule has 33 heavy (non-hydrogen) atoms. The van der Waals surface area contributed by atoms with Crippen LogP contribution in [0.2, 0.25) is 0 Å². The van der Waals surface area contributed by atoms with E-state index in [1.807, 2.05) is 30.3 Å². The van der Waals surface area contributed by atoms with Crippen molar-refractivity contribution >= 4 is 11.6 Å². The third-order valence-corrected chi connectivity index (χ3v) is 5.78. The maximum Gasteiger partial charge on any atom is 0.251 e. The van der Waals surface area contributed by atoms with Gasteiger partial charge in [0, 0.05) is 18.0 Å². The number of phenols is 1. The Balaban J connectivity index is 1.63. The Morgan fingerprint density at radius 3 is 2.30 bits per heavy atom. The van der Waals surface area contributed by atoms with Gasteiger partial charge in [0.05, 0.1) is 12.3 Å². The number of nitrogens with two attached hydrogens (primary N) is 1. The molecule has 1 atom stereocenters. The van der Waals surface area contributed by atoms with Gasteiger partial charge in [-0.25, -0.2) is 0 Å². The van der Waals surface area contributed by atoms with E-state index in [4.69, 9.17) is 10.5 Å². The summed E-state index contributed by atoms with van der Waals surface area (Å²) in [5.41, 5.74) is 9.33. The molecule has 4 N–H and O–H groups in total.